The molecule has 2 aromatic carbocycles. The SMILES string of the molecule is O=[N+]([O-])c1ccc2[nH]c3c(c2c1)CCC[C@@H]3NC1CCN(CCc2ccccc2)CC1. The number of benzene rings is 2. The van der Waals surface area contributed by atoms with E-state index in [-0.39, 0.29) is 10.6 Å². The van der Waals surface area contributed by atoms with Crippen LogP contribution in [0.1, 0.15) is 48.5 Å². The van der Waals surface area contributed by atoms with Crippen LogP contribution in [-0.2, 0) is 12.8 Å². The zero-order valence-electron chi connectivity index (χ0n) is 17.8. The second-order valence-electron chi connectivity index (χ2n) is 8.97. The van der Waals surface area contributed by atoms with Gasteiger partial charge in [-0.2, -0.15) is 0 Å². The maximum atomic E-state index is 11.2. The number of H-pyrrole nitrogens is 1. The second kappa shape index (κ2) is 8.81. The minimum absolute atomic E-state index is 0.173. The largest absolute Gasteiger partial charge is 0.357 e. The third-order valence-electron chi connectivity index (χ3n) is 6.99. The number of hydrogen-bond acceptors (Lipinski definition) is 4. The van der Waals surface area contributed by atoms with E-state index in [1.807, 2.05) is 6.07 Å². The zero-order chi connectivity index (χ0) is 21.2. The van der Waals surface area contributed by atoms with Crippen LogP contribution in [0.5, 0.6) is 0 Å². The van der Waals surface area contributed by atoms with Gasteiger partial charge in [-0.1, -0.05) is 30.3 Å². The van der Waals surface area contributed by atoms with E-state index in [1.165, 1.54) is 29.7 Å². The van der Waals surface area contributed by atoms with Crippen molar-refractivity contribution >= 4 is 16.6 Å². The Kier molecular flexibility index (Phi) is 5.74. The fraction of sp³-hybridized carbons (Fsp3) is 0.440. The van der Waals surface area contributed by atoms with E-state index in [2.05, 4.69) is 45.5 Å². The van der Waals surface area contributed by atoms with Crippen molar-refractivity contribution in [3.63, 3.8) is 0 Å². The standard InChI is InChI=1S/C25H30N4O2/c30-29(31)20-9-10-23-22(17-20)21-7-4-8-24(25(21)27-23)26-19-12-15-28(16-13-19)14-11-18-5-2-1-3-6-18/h1-3,5-6,9-10,17,19,24,26-27H,4,7-8,11-16H2/t24-/m0/s1. The molecule has 0 amide bonds. The van der Waals surface area contributed by atoms with Crippen LogP contribution >= 0.6 is 0 Å². The van der Waals surface area contributed by atoms with Gasteiger partial charge >= 0.3 is 0 Å². The Hall–Kier alpha value is -2.70. The van der Waals surface area contributed by atoms with E-state index in [9.17, 15) is 10.1 Å². The fourth-order valence-corrected chi connectivity index (χ4v) is 5.27. The Morgan fingerprint density at radius 1 is 1.10 bits per heavy atom. The number of aromatic nitrogens is 1. The van der Waals surface area contributed by atoms with Gasteiger partial charge in [-0.3, -0.25) is 10.1 Å². The maximum Gasteiger partial charge on any atom is 0.270 e. The molecule has 0 bridgehead atoms. The number of rotatable bonds is 6. The van der Waals surface area contributed by atoms with Crippen molar-refractivity contribution in [2.45, 2.75) is 50.6 Å². The number of nitro groups is 1. The first-order valence-electron chi connectivity index (χ1n) is 11.5. The van der Waals surface area contributed by atoms with E-state index in [0.717, 1.165) is 56.2 Å². The molecular formula is C25H30N4O2. The molecule has 1 aliphatic carbocycles. The number of piperidine rings is 1. The highest BCUT2D eigenvalue weighted by atomic mass is 16.6. The highest BCUT2D eigenvalue weighted by Gasteiger charge is 2.28. The number of hydrogen-bond donors (Lipinski definition) is 2. The summed E-state index contributed by atoms with van der Waals surface area (Å²) in [4.78, 5) is 17.0. The quantitative estimate of drug-likeness (QED) is 0.447. The lowest BCUT2D eigenvalue weighted by molar-refractivity contribution is -0.384. The van der Waals surface area contributed by atoms with Gasteiger partial charge in [-0.25, -0.2) is 0 Å². The Morgan fingerprint density at radius 3 is 2.68 bits per heavy atom. The molecule has 1 aliphatic heterocycles. The van der Waals surface area contributed by atoms with Gasteiger partial charge in [-0.15, -0.1) is 0 Å². The highest BCUT2D eigenvalue weighted by Crippen LogP contribution is 2.36. The van der Waals surface area contributed by atoms with Gasteiger partial charge in [0, 0.05) is 47.4 Å². The lowest BCUT2D eigenvalue weighted by atomic mass is 9.90. The molecular weight excluding hydrogens is 388 g/mol. The van der Waals surface area contributed by atoms with E-state index >= 15 is 0 Å². The van der Waals surface area contributed by atoms with Crippen molar-refractivity contribution in [1.29, 1.82) is 0 Å². The summed E-state index contributed by atoms with van der Waals surface area (Å²) in [7, 11) is 0. The van der Waals surface area contributed by atoms with Crippen LogP contribution in [0.25, 0.3) is 10.9 Å². The van der Waals surface area contributed by atoms with Crippen molar-refractivity contribution in [3.05, 3.63) is 75.5 Å². The molecule has 0 unspecified atom stereocenters. The lowest BCUT2D eigenvalue weighted by Crippen LogP contribution is -2.44. The normalized spacial score (nSPS) is 20.1. The predicted octanol–water partition coefficient (Wildman–Crippen LogP) is 4.75. The van der Waals surface area contributed by atoms with E-state index in [4.69, 9.17) is 0 Å². The molecule has 2 aliphatic rings. The monoisotopic (exact) mass is 418 g/mol. The summed E-state index contributed by atoms with van der Waals surface area (Å²) in [6.07, 6.45) is 6.70. The predicted molar refractivity (Wildman–Crippen MR) is 123 cm³/mol. The Morgan fingerprint density at radius 2 is 1.90 bits per heavy atom. The molecule has 2 N–H and O–H groups in total. The fourth-order valence-electron chi connectivity index (χ4n) is 5.27. The van der Waals surface area contributed by atoms with Gasteiger partial charge in [0.1, 0.15) is 0 Å². The van der Waals surface area contributed by atoms with Crippen molar-refractivity contribution < 1.29 is 4.92 Å². The van der Waals surface area contributed by atoms with Crippen LogP contribution in [0.2, 0.25) is 0 Å². The zero-order valence-corrected chi connectivity index (χ0v) is 17.8. The smallest absolute Gasteiger partial charge is 0.270 e. The molecule has 6 heteroatoms. The number of likely N-dealkylation sites (tertiary alicyclic amines) is 1. The summed E-state index contributed by atoms with van der Waals surface area (Å²) in [5.41, 5.74) is 5.11. The maximum absolute atomic E-state index is 11.2. The Bertz CT molecular complexity index is 1050. The molecule has 1 saturated heterocycles. The van der Waals surface area contributed by atoms with Crippen molar-refractivity contribution in [3.8, 4) is 0 Å². The van der Waals surface area contributed by atoms with Gasteiger partial charge in [0.15, 0.2) is 0 Å². The molecule has 5 rings (SSSR count). The summed E-state index contributed by atoms with van der Waals surface area (Å²) < 4.78 is 0. The molecule has 6 nitrogen and oxygen atoms in total. The number of fused-ring (bicyclic) bond motifs is 3. The van der Waals surface area contributed by atoms with Crippen LogP contribution < -0.4 is 5.32 Å². The minimum atomic E-state index is -0.303. The number of aryl methyl sites for hydroxylation is 1. The van der Waals surface area contributed by atoms with Crippen molar-refractivity contribution in [2.75, 3.05) is 19.6 Å². The topological polar surface area (TPSA) is 74.2 Å². The van der Waals surface area contributed by atoms with E-state index < -0.39 is 0 Å². The summed E-state index contributed by atoms with van der Waals surface area (Å²) in [6, 6.07) is 16.8. The molecule has 1 fully saturated rings. The first kappa shape index (κ1) is 20.2. The van der Waals surface area contributed by atoms with Gasteiger partial charge < -0.3 is 15.2 Å². The second-order valence-corrected chi connectivity index (χ2v) is 8.97. The van der Waals surface area contributed by atoms with Crippen LogP contribution in [-0.4, -0.2) is 40.5 Å². The van der Waals surface area contributed by atoms with E-state index in [1.54, 1.807) is 12.1 Å². The molecule has 3 aromatic rings. The molecule has 2 heterocycles. The summed E-state index contributed by atoms with van der Waals surface area (Å²) in [5, 5.41) is 16.1. The molecule has 1 atom stereocenters. The number of aromatic amines is 1. The van der Waals surface area contributed by atoms with Gasteiger partial charge in [0.05, 0.1) is 4.92 Å². The number of non-ortho nitro benzene ring substituents is 1. The highest BCUT2D eigenvalue weighted by molar-refractivity contribution is 5.87. The van der Waals surface area contributed by atoms with Crippen molar-refractivity contribution in [1.82, 2.24) is 15.2 Å². The average molecular weight is 419 g/mol. The van der Waals surface area contributed by atoms with Gasteiger partial charge in [0.25, 0.3) is 5.69 Å². The average Bonchev–Trinajstić information content (AvgIpc) is 3.18. The number of nitro benzene ring substituents is 1. The van der Waals surface area contributed by atoms with Crippen LogP contribution in [0.4, 0.5) is 5.69 Å². The molecule has 0 radical (unpaired) electrons. The van der Waals surface area contributed by atoms with Crippen LogP contribution in [0.15, 0.2) is 48.5 Å². The molecule has 0 saturated carbocycles. The number of nitrogens with one attached hydrogen (secondary N) is 2. The van der Waals surface area contributed by atoms with Crippen LogP contribution in [0, 0.1) is 10.1 Å². The Labute approximate surface area is 182 Å². The first-order chi connectivity index (χ1) is 15.2. The van der Waals surface area contributed by atoms with Crippen molar-refractivity contribution in [2.24, 2.45) is 0 Å². The van der Waals surface area contributed by atoms with Crippen LogP contribution in [0.3, 0.4) is 0 Å². The van der Waals surface area contributed by atoms with E-state index in [0.29, 0.717) is 12.1 Å². The molecule has 31 heavy (non-hydrogen) atoms. The number of nitrogens with zero attached hydrogens (tertiary/aromatic N) is 2. The molecule has 162 valence electrons. The van der Waals surface area contributed by atoms with Gasteiger partial charge in [0.2, 0.25) is 0 Å². The third kappa shape index (κ3) is 4.36. The Balaban J connectivity index is 1.21. The summed E-state index contributed by atoms with van der Waals surface area (Å²) in [5.74, 6) is 0. The summed E-state index contributed by atoms with van der Waals surface area (Å²) in [6.45, 7) is 3.41. The minimum Gasteiger partial charge on any atom is -0.357 e. The van der Waals surface area contributed by atoms with Gasteiger partial charge in [-0.05, 0) is 68.8 Å². The summed E-state index contributed by atoms with van der Waals surface area (Å²) >= 11 is 0. The molecule has 1 aromatic heterocycles. The molecule has 0 spiro atoms. The third-order valence-corrected chi connectivity index (χ3v) is 6.99. The lowest BCUT2D eigenvalue weighted by Gasteiger charge is -2.35. The first-order valence-corrected chi connectivity index (χ1v) is 11.5.